The Balaban J connectivity index is 1.62. The van der Waals surface area contributed by atoms with E-state index in [0.717, 1.165) is 31.5 Å². The zero-order valence-electron chi connectivity index (χ0n) is 12.4. The van der Waals surface area contributed by atoms with Crippen LogP contribution in [0.4, 0.5) is 0 Å². The van der Waals surface area contributed by atoms with Gasteiger partial charge < -0.3 is 0 Å². The topological polar surface area (TPSA) is 64.8 Å². The lowest BCUT2D eigenvalue weighted by Crippen LogP contribution is -2.27. The predicted molar refractivity (Wildman–Crippen MR) is 83.5 cm³/mol. The molecule has 0 N–H and O–H groups in total. The van der Waals surface area contributed by atoms with Crippen LogP contribution in [0.25, 0.3) is 0 Å². The molecule has 2 heterocycles. The van der Waals surface area contributed by atoms with Crippen LogP contribution in [0, 0.1) is 0 Å². The molecule has 5 nitrogen and oxygen atoms in total. The average Bonchev–Trinajstić information content (AvgIpc) is 3.12. The van der Waals surface area contributed by atoms with Gasteiger partial charge in [-0.05, 0) is 36.8 Å². The number of benzene rings is 1. The van der Waals surface area contributed by atoms with Crippen LogP contribution < -0.4 is 0 Å². The minimum Gasteiger partial charge on any atom is -0.246 e. The second-order valence-corrected chi connectivity index (χ2v) is 8.58. The zero-order valence-corrected chi connectivity index (χ0v) is 13.2. The predicted octanol–water partition coefficient (Wildman–Crippen LogP) is 1.91. The number of fused-ring (bicyclic) bond motifs is 1. The van der Waals surface area contributed by atoms with Gasteiger partial charge in [-0.25, -0.2) is 18.1 Å². The van der Waals surface area contributed by atoms with Gasteiger partial charge >= 0.3 is 0 Å². The lowest BCUT2D eigenvalue weighted by molar-refractivity contribution is 0.430. The molecule has 0 spiro atoms. The second-order valence-electron chi connectivity index (χ2n) is 6.35. The number of sulfone groups is 1. The Bertz CT molecular complexity index is 772. The van der Waals surface area contributed by atoms with E-state index in [-0.39, 0.29) is 17.7 Å². The Morgan fingerprint density at radius 1 is 1.14 bits per heavy atom. The highest BCUT2D eigenvalue weighted by Gasteiger charge is 2.32. The van der Waals surface area contributed by atoms with Gasteiger partial charge in [0.15, 0.2) is 9.84 Å². The van der Waals surface area contributed by atoms with E-state index in [1.54, 1.807) is 6.33 Å². The largest absolute Gasteiger partial charge is 0.246 e. The summed E-state index contributed by atoms with van der Waals surface area (Å²) >= 11 is 0. The van der Waals surface area contributed by atoms with E-state index < -0.39 is 9.84 Å². The Kier molecular flexibility index (Phi) is 3.29. The summed E-state index contributed by atoms with van der Waals surface area (Å²) in [5.74, 6) is 1.36. The summed E-state index contributed by atoms with van der Waals surface area (Å²) in [6, 6.07) is 8.72. The van der Waals surface area contributed by atoms with Crippen molar-refractivity contribution >= 4 is 9.84 Å². The van der Waals surface area contributed by atoms with Crippen LogP contribution in [0.1, 0.15) is 41.8 Å². The van der Waals surface area contributed by atoms with E-state index >= 15 is 0 Å². The van der Waals surface area contributed by atoms with Crippen molar-refractivity contribution in [2.45, 2.75) is 37.6 Å². The Labute approximate surface area is 130 Å². The van der Waals surface area contributed by atoms with Gasteiger partial charge in [-0.2, -0.15) is 5.10 Å². The van der Waals surface area contributed by atoms with Crippen molar-refractivity contribution in [1.82, 2.24) is 14.8 Å². The maximum absolute atomic E-state index is 11.9. The first-order chi connectivity index (χ1) is 10.6. The van der Waals surface area contributed by atoms with Gasteiger partial charge in [-0.3, -0.25) is 0 Å². The van der Waals surface area contributed by atoms with Crippen LogP contribution >= 0.6 is 0 Å². The molecule has 0 saturated carbocycles. The molecule has 1 saturated heterocycles. The van der Waals surface area contributed by atoms with E-state index in [4.69, 9.17) is 0 Å². The number of hydrogen-bond donors (Lipinski definition) is 0. The van der Waals surface area contributed by atoms with Crippen molar-refractivity contribution in [2.24, 2.45) is 0 Å². The first-order valence-electron chi connectivity index (χ1n) is 7.79. The molecule has 0 radical (unpaired) electrons. The molecule has 2 aliphatic rings. The van der Waals surface area contributed by atoms with Gasteiger partial charge in [0.25, 0.3) is 0 Å². The Hall–Kier alpha value is -1.69. The summed E-state index contributed by atoms with van der Waals surface area (Å²) in [5.41, 5.74) is 2.73. The van der Waals surface area contributed by atoms with Gasteiger partial charge in [0, 0.05) is 5.92 Å². The maximum atomic E-state index is 11.9. The standard InChI is InChI=1S/C16H19N3O2S/c20-22(21)7-3-6-14(10-22)16-17-11-18-19(16)15-8-12-4-1-2-5-13(12)9-15/h1-2,4-5,11,14-15H,3,6-10H2/t14-/m1/s1. The molecule has 1 aliphatic heterocycles. The van der Waals surface area contributed by atoms with E-state index in [2.05, 4.69) is 34.3 Å². The third-order valence-corrected chi connectivity index (χ3v) is 6.63. The van der Waals surface area contributed by atoms with E-state index in [1.807, 2.05) is 4.68 Å². The average molecular weight is 317 g/mol. The summed E-state index contributed by atoms with van der Waals surface area (Å²) in [4.78, 5) is 4.40. The molecule has 22 heavy (non-hydrogen) atoms. The van der Waals surface area contributed by atoms with Crippen molar-refractivity contribution in [3.63, 3.8) is 0 Å². The fourth-order valence-corrected chi connectivity index (χ4v) is 5.47. The maximum Gasteiger partial charge on any atom is 0.151 e. The molecule has 1 fully saturated rings. The third-order valence-electron chi connectivity index (χ3n) is 4.80. The first kappa shape index (κ1) is 13.9. The smallest absolute Gasteiger partial charge is 0.151 e. The van der Waals surface area contributed by atoms with E-state index in [1.165, 1.54) is 11.1 Å². The molecule has 0 unspecified atom stereocenters. The van der Waals surface area contributed by atoms with Crippen molar-refractivity contribution < 1.29 is 8.42 Å². The monoisotopic (exact) mass is 317 g/mol. The van der Waals surface area contributed by atoms with Crippen molar-refractivity contribution in [1.29, 1.82) is 0 Å². The van der Waals surface area contributed by atoms with E-state index in [9.17, 15) is 8.42 Å². The lowest BCUT2D eigenvalue weighted by atomic mass is 10.0. The minimum absolute atomic E-state index is 0.00929. The van der Waals surface area contributed by atoms with Gasteiger partial charge in [0.2, 0.25) is 0 Å². The molecule has 6 heteroatoms. The molecular weight excluding hydrogens is 298 g/mol. The molecular formula is C16H19N3O2S. The number of aromatic nitrogens is 3. The SMILES string of the molecule is O=S1(=O)CCC[C@@H](c2ncnn2C2Cc3ccccc3C2)C1. The normalized spacial score (nSPS) is 24.3. The van der Waals surface area contributed by atoms with Gasteiger partial charge in [0.1, 0.15) is 12.2 Å². The van der Waals surface area contributed by atoms with Gasteiger partial charge in [-0.1, -0.05) is 24.3 Å². The molecule has 0 amide bonds. The highest BCUT2D eigenvalue weighted by molar-refractivity contribution is 7.91. The van der Waals surface area contributed by atoms with Crippen LogP contribution in [-0.4, -0.2) is 34.7 Å². The summed E-state index contributed by atoms with van der Waals surface area (Å²) < 4.78 is 25.8. The Morgan fingerprint density at radius 3 is 2.55 bits per heavy atom. The molecule has 2 aromatic rings. The highest BCUT2D eigenvalue weighted by atomic mass is 32.2. The number of hydrogen-bond acceptors (Lipinski definition) is 4. The zero-order chi connectivity index (χ0) is 15.2. The van der Waals surface area contributed by atoms with Crippen LogP contribution in [0.15, 0.2) is 30.6 Å². The second kappa shape index (κ2) is 5.19. The molecule has 116 valence electrons. The summed E-state index contributed by atoms with van der Waals surface area (Å²) in [6.07, 6.45) is 5.08. The summed E-state index contributed by atoms with van der Waals surface area (Å²) in [7, 11) is -2.93. The van der Waals surface area contributed by atoms with E-state index in [0.29, 0.717) is 5.75 Å². The Morgan fingerprint density at radius 2 is 1.86 bits per heavy atom. The van der Waals surface area contributed by atoms with Crippen molar-refractivity contribution in [3.05, 3.63) is 47.5 Å². The number of nitrogens with zero attached hydrogens (tertiary/aromatic N) is 3. The fraction of sp³-hybridized carbons (Fsp3) is 0.500. The van der Waals surface area contributed by atoms with Crippen molar-refractivity contribution in [3.8, 4) is 0 Å². The highest BCUT2D eigenvalue weighted by Crippen LogP contribution is 2.33. The quantitative estimate of drug-likeness (QED) is 0.849. The summed E-state index contributed by atoms with van der Waals surface area (Å²) in [5, 5.41) is 4.41. The molecule has 1 atom stereocenters. The number of rotatable bonds is 2. The van der Waals surface area contributed by atoms with Crippen LogP contribution in [0.5, 0.6) is 0 Å². The lowest BCUT2D eigenvalue weighted by Gasteiger charge is -2.23. The van der Waals surface area contributed by atoms with Crippen molar-refractivity contribution in [2.75, 3.05) is 11.5 Å². The van der Waals surface area contributed by atoms with Crippen LogP contribution in [-0.2, 0) is 22.7 Å². The molecule has 1 aliphatic carbocycles. The minimum atomic E-state index is -2.93. The summed E-state index contributed by atoms with van der Waals surface area (Å²) in [6.45, 7) is 0. The van der Waals surface area contributed by atoms with Crippen LogP contribution in [0.2, 0.25) is 0 Å². The fourth-order valence-electron chi connectivity index (χ4n) is 3.77. The first-order valence-corrected chi connectivity index (χ1v) is 9.61. The third kappa shape index (κ3) is 2.45. The van der Waals surface area contributed by atoms with Crippen LogP contribution in [0.3, 0.4) is 0 Å². The van der Waals surface area contributed by atoms with Gasteiger partial charge in [0.05, 0.1) is 17.5 Å². The molecule has 4 rings (SSSR count). The molecule has 1 aromatic heterocycles. The van der Waals surface area contributed by atoms with Gasteiger partial charge in [-0.15, -0.1) is 0 Å². The molecule has 0 bridgehead atoms. The molecule has 1 aromatic carbocycles.